The molecule has 0 saturated heterocycles. The van der Waals surface area contributed by atoms with Crippen molar-refractivity contribution in [3.05, 3.63) is 158 Å². The molecule has 0 saturated carbocycles. The molecule has 0 N–H and O–H groups in total. The van der Waals surface area contributed by atoms with Crippen LogP contribution in [0.2, 0.25) is 0 Å². The number of hydrogen-bond acceptors (Lipinski definition) is 3. The van der Waals surface area contributed by atoms with Crippen molar-refractivity contribution in [1.82, 2.24) is 19.4 Å². The minimum atomic E-state index is 0. The van der Waals surface area contributed by atoms with E-state index >= 15 is 0 Å². The van der Waals surface area contributed by atoms with Gasteiger partial charge in [-0.2, -0.15) is 0 Å². The normalized spacial score (nSPS) is 11.0. The minimum absolute atomic E-state index is 0. The number of hydrogen-bond donors (Lipinski definition) is 0. The van der Waals surface area contributed by atoms with Crippen LogP contribution >= 0.6 is 0 Å². The Morgan fingerprint density at radius 2 is 1.38 bits per heavy atom. The second-order valence-electron chi connectivity index (χ2n) is 10.8. The summed E-state index contributed by atoms with van der Waals surface area (Å²) in [6.07, 6.45) is 7.02. The van der Waals surface area contributed by atoms with E-state index in [1.807, 2.05) is 54.7 Å². The molecule has 0 spiro atoms. The van der Waals surface area contributed by atoms with Gasteiger partial charge in [-0.05, 0) is 53.2 Å². The first kappa shape index (κ1) is 28.5. The average Bonchev–Trinajstić information content (AvgIpc) is 3.62. The van der Waals surface area contributed by atoms with Gasteiger partial charge in [0.15, 0.2) is 0 Å². The number of para-hydroxylation sites is 2. The first-order chi connectivity index (χ1) is 21.8. The third-order valence-electron chi connectivity index (χ3n) is 8.13. The molecule has 1 radical (unpaired) electrons. The van der Waals surface area contributed by atoms with E-state index in [4.69, 9.17) is 9.97 Å². The molecule has 0 aliphatic heterocycles. The van der Waals surface area contributed by atoms with Crippen molar-refractivity contribution in [2.24, 2.45) is 0 Å². The summed E-state index contributed by atoms with van der Waals surface area (Å²) >= 11 is 0. The number of fused-ring (bicyclic) bond motifs is 6. The topological polar surface area (TPSA) is 43.1 Å². The predicted octanol–water partition coefficient (Wildman–Crippen LogP) is 9.62. The molecule has 0 amide bonds. The van der Waals surface area contributed by atoms with Crippen LogP contribution in [-0.2, 0) is 20.1 Å². The van der Waals surface area contributed by atoms with Crippen LogP contribution < -0.4 is 0 Å². The maximum Gasteiger partial charge on any atom is 0.0604 e. The van der Waals surface area contributed by atoms with Crippen molar-refractivity contribution in [2.45, 2.75) is 6.92 Å². The van der Waals surface area contributed by atoms with Gasteiger partial charge >= 0.3 is 0 Å². The second kappa shape index (κ2) is 12.0. The first-order valence-corrected chi connectivity index (χ1v) is 14.6. The van der Waals surface area contributed by atoms with Gasteiger partial charge < -0.3 is 19.4 Å². The van der Waals surface area contributed by atoms with Crippen molar-refractivity contribution >= 4 is 38.2 Å². The van der Waals surface area contributed by atoms with E-state index in [1.54, 1.807) is 6.20 Å². The maximum absolute atomic E-state index is 4.81. The molecule has 5 heteroatoms. The number of nitrogens with zero attached hydrogens (tertiary/aromatic N) is 4. The van der Waals surface area contributed by atoms with E-state index in [0.717, 1.165) is 39.1 Å². The Kier molecular flexibility index (Phi) is 7.64. The fourth-order valence-corrected chi connectivity index (χ4v) is 6.07. The SMILES string of the molecule is Cc1cc(-c2[c-]nc3c(c2)c2cccc4c5ccccc5n3c42)ncc1-c1ccccc1.[Ir].[c-]1ccccc1-c1ccccn1. The van der Waals surface area contributed by atoms with E-state index in [1.165, 1.54) is 38.3 Å². The Balaban J connectivity index is 0.000000211. The third kappa shape index (κ3) is 5.06. The molecular formula is C40H26IrN4-2. The summed E-state index contributed by atoms with van der Waals surface area (Å²) in [7, 11) is 0. The standard InChI is InChI=1S/C29H18N3.C11H8N.Ir/c1-18-14-26(30-17-25(18)19-8-3-2-4-9-19)20-15-24-23-12-7-11-22-21-10-5-6-13-27(21)32(28(22)23)29(24)31-16-20;1-2-6-10(7-3-1)11-8-4-5-9-12-11;/h2-15,17H,1H3;1-6,8-9H;/q2*-1;. The van der Waals surface area contributed by atoms with Crippen LogP contribution in [0.5, 0.6) is 0 Å². The van der Waals surface area contributed by atoms with Crippen molar-refractivity contribution in [2.75, 3.05) is 0 Å². The average molecular weight is 755 g/mol. The Morgan fingerprint density at radius 1 is 0.622 bits per heavy atom. The maximum atomic E-state index is 4.81. The van der Waals surface area contributed by atoms with Crippen LogP contribution in [0.15, 0.2) is 140 Å². The van der Waals surface area contributed by atoms with Gasteiger partial charge in [0, 0.05) is 54.4 Å². The Bertz CT molecular complexity index is 2350. The summed E-state index contributed by atoms with van der Waals surface area (Å²) in [5.74, 6) is 0. The summed E-state index contributed by atoms with van der Waals surface area (Å²) in [6, 6.07) is 46.6. The molecule has 0 fully saturated rings. The number of aryl methyl sites for hydroxylation is 1. The summed E-state index contributed by atoms with van der Waals surface area (Å²) < 4.78 is 2.27. The summed E-state index contributed by atoms with van der Waals surface area (Å²) in [6.45, 7) is 2.13. The number of rotatable bonds is 3. The number of aromatic nitrogens is 4. The molecule has 9 aromatic rings. The summed E-state index contributed by atoms with van der Waals surface area (Å²) in [5, 5.41) is 4.87. The van der Waals surface area contributed by atoms with Crippen molar-refractivity contribution in [3.63, 3.8) is 0 Å². The first-order valence-electron chi connectivity index (χ1n) is 14.6. The summed E-state index contributed by atoms with van der Waals surface area (Å²) in [5.41, 5.74) is 10.7. The van der Waals surface area contributed by atoms with Gasteiger partial charge in [-0.15, -0.1) is 47.5 Å². The van der Waals surface area contributed by atoms with E-state index < -0.39 is 0 Å². The Hall–Kier alpha value is -5.22. The molecule has 5 aromatic heterocycles. The molecule has 4 aromatic carbocycles. The largest absolute Gasteiger partial charge is 0.335 e. The van der Waals surface area contributed by atoms with E-state index in [0.29, 0.717) is 0 Å². The predicted molar refractivity (Wildman–Crippen MR) is 180 cm³/mol. The van der Waals surface area contributed by atoms with Crippen LogP contribution in [-0.4, -0.2) is 19.4 Å². The Morgan fingerprint density at radius 3 is 2.16 bits per heavy atom. The fourth-order valence-electron chi connectivity index (χ4n) is 6.07. The Labute approximate surface area is 274 Å². The molecule has 4 nitrogen and oxygen atoms in total. The van der Waals surface area contributed by atoms with Crippen molar-refractivity contribution in [3.8, 4) is 33.6 Å². The molecule has 0 aliphatic carbocycles. The third-order valence-corrected chi connectivity index (χ3v) is 8.13. The molecule has 45 heavy (non-hydrogen) atoms. The van der Waals surface area contributed by atoms with Gasteiger partial charge in [0.25, 0.3) is 0 Å². The molecule has 217 valence electrons. The molecule has 5 heterocycles. The zero-order valence-corrected chi connectivity index (χ0v) is 26.8. The smallest absolute Gasteiger partial charge is 0.0604 e. The molecule has 0 aliphatic rings. The zero-order valence-electron chi connectivity index (χ0n) is 24.4. The van der Waals surface area contributed by atoms with Crippen LogP contribution in [0.1, 0.15) is 5.56 Å². The molecule has 0 unspecified atom stereocenters. The van der Waals surface area contributed by atoms with Gasteiger partial charge in [0.1, 0.15) is 0 Å². The van der Waals surface area contributed by atoms with Crippen molar-refractivity contribution < 1.29 is 20.1 Å². The minimum Gasteiger partial charge on any atom is -0.335 e. The second-order valence-corrected chi connectivity index (χ2v) is 10.8. The van der Waals surface area contributed by atoms with Crippen LogP contribution in [0.3, 0.4) is 0 Å². The van der Waals surface area contributed by atoms with Gasteiger partial charge in [0.05, 0.1) is 11.2 Å². The summed E-state index contributed by atoms with van der Waals surface area (Å²) in [4.78, 5) is 13.8. The van der Waals surface area contributed by atoms with E-state index in [-0.39, 0.29) is 20.1 Å². The van der Waals surface area contributed by atoms with E-state index in [9.17, 15) is 0 Å². The van der Waals surface area contributed by atoms with Gasteiger partial charge in [-0.25, -0.2) is 0 Å². The van der Waals surface area contributed by atoms with Crippen LogP contribution in [0, 0.1) is 19.2 Å². The van der Waals surface area contributed by atoms with Crippen molar-refractivity contribution in [1.29, 1.82) is 0 Å². The van der Waals surface area contributed by atoms with Gasteiger partial charge in [-0.3, -0.25) is 0 Å². The van der Waals surface area contributed by atoms with Gasteiger partial charge in [0.2, 0.25) is 0 Å². The van der Waals surface area contributed by atoms with Crippen LogP contribution in [0.4, 0.5) is 0 Å². The molecule has 0 atom stereocenters. The molecular weight excluding hydrogens is 729 g/mol. The number of pyridine rings is 3. The monoisotopic (exact) mass is 755 g/mol. The van der Waals surface area contributed by atoms with Gasteiger partial charge in [-0.1, -0.05) is 90.3 Å². The van der Waals surface area contributed by atoms with Crippen LogP contribution in [0.25, 0.3) is 71.9 Å². The quantitative estimate of drug-likeness (QED) is 0.169. The molecule has 9 rings (SSSR count). The molecule has 0 bridgehead atoms. The zero-order chi connectivity index (χ0) is 29.5. The van der Waals surface area contributed by atoms with E-state index in [2.05, 4.69) is 107 Å². The fraction of sp³-hybridized carbons (Fsp3) is 0.0250. The number of benzene rings is 4.